The van der Waals surface area contributed by atoms with Gasteiger partial charge >= 0.3 is 0 Å². The summed E-state index contributed by atoms with van der Waals surface area (Å²) in [6.45, 7) is 0. The smallest absolute Gasteiger partial charge is 0.136 e. The summed E-state index contributed by atoms with van der Waals surface area (Å²) in [5, 5.41) is 15.4. The molecule has 0 saturated carbocycles. The molecule has 0 saturated heterocycles. The Balaban J connectivity index is 1.54. The number of thiazole rings is 1. The summed E-state index contributed by atoms with van der Waals surface area (Å²) >= 11 is 4.91. The average molecular weight is 458 g/mol. The van der Waals surface area contributed by atoms with Gasteiger partial charge in [0.05, 0.1) is 5.69 Å². The molecule has 1 N–H and O–H groups in total. The van der Waals surface area contributed by atoms with Crippen LogP contribution in [0.25, 0.3) is 28.0 Å². The third kappa shape index (κ3) is 4.62. The fourth-order valence-corrected chi connectivity index (χ4v) is 4.06. The summed E-state index contributed by atoms with van der Waals surface area (Å²) in [5.41, 5.74) is 5.66. The predicted molar refractivity (Wildman–Crippen MR) is 124 cm³/mol. The molecule has 0 aliphatic rings. The third-order valence-corrected chi connectivity index (χ3v) is 5.72. The number of nitriles is 1. The highest BCUT2D eigenvalue weighted by Gasteiger charge is 2.09. The van der Waals surface area contributed by atoms with E-state index in [0.717, 1.165) is 21.4 Å². The van der Waals surface area contributed by atoms with Crippen molar-refractivity contribution in [3.8, 4) is 28.5 Å². The molecule has 140 valence electrons. The van der Waals surface area contributed by atoms with E-state index in [1.54, 1.807) is 6.20 Å². The number of halogens is 1. The Kier molecular flexibility index (Phi) is 5.85. The van der Waals surface area contributed by atoms with E-state index in [9.17, 15) is 5.26 Å². The first-order valence-electron chi connectivity index (χ1n) is 8.97. The van der Waals surface area contributed by atoms with Gasteiger partial charge in [0.15, 0.2) is 0 Å². The number of rotatable bonds is 5. The standard InChI is InChI=1S/C24H16BrN3S/c25-21-7-4-8-22(13-21)27-15-20(14-26)24-28-23(16-29-24)19-11-9-18(10-12-19)17-5-2-1-3-6-17/h1-13,15-16,27H/b20-15+. The van der Waals surface area contributed by atoms with Crippen molar-refractivity contribution >= 4 is 38.5 Å². The Morgan fingerprint density at radius 2 is 1.66 bits per heavy atom. The highest BCUT2D eigenvalue weighted by Crippen LogP contribution is 2.28. The van der Waals surface area contributed by atoms with Crippen molar-refractivity contribution in [3.63, 3.8) is 0 Å². The summed E-state index contributed by atoms with van der Waals surface area (Å²) in [7, 11) is 0. The van der Waals surface area contributed by atoms with Crippen LogP contribution in [0, 0.1) is 11.3 Å². The molecule has 1 heterocycles. The van der Waals surface area contributed by atoms with Crippen molar-refractivity contribution in [2.45, 2.75) is 0 Å². The van der Waals surface area contributed by atoms with E-state index in [0.29, 0.717) is 10.6 Å². The lowest BCUT2D eigenvalue weighted by Crippen LogP contribution is -1.91. The van der Waals surface area contributed by atoms with Crippen LogP contribution in [0.15, 0.2) is 94.9 Å². The van der Waals surface area contributed by atoms with Crippen LogP contribution < -0.4 is 5.32 Å². The average Bonchev–Trinajstić information content (AvgIpc) is 3.25. The molecule has 0 fully saturated rings. The molecule has 0 unspecified atom stereocenters. The van der Waals surface area contributed by atoms with Gasteiger partial charge in [0.25, 0.3) is 0 Å². The molecule has 0 radical (unpaired) electrons. The minimum absolute atomic E-state index is 0.502. The van der Waals surface area contributed by atoms with E-state index >= 15 is 0 Å². The molecule has 3 nitrogen and oxygen atoms in total. The van der Waals surface area contributed by atoms with Crippen molar-refractivity contribution in [2.24, 2.45) is 0 Å². The number of benzene rings is 3. The Bertz CT molecular complexity index is 1190. The molecule has 5 heteroatoms. The van der Waals surface area contributed by atoms with E-state index in [-0.39, 0.29) is 0 Å². The van der Waals surface area contributed by atoms with Crippen LogP contribution >= 0.6 is 27.3 Å². The van der Waals surface area contributed by atoms with E-state index in [1.165, 1.54) is 22.5 Å². The van der Waals surface area contributed by atoms with Crippen LogP contribution in [0.3, 0.4) is 0 Å². The second kappa shape index (κ2) is 8.87. The number of aromatic nitrogens is 1. The number of nitrogens with one attached hydrogen (secondary N) is 1. The first-order chi connectivity index (χ1) is 14.2. The van der Waals surface area contributed by atoms with Crippen LogP contribution in [0.2, 0.25) is 0 Å². The molecular weight excluding hydrogens is 442 g/mol. The molecule has 4 rings (SSSR count). The van der Waals surface area contributed by atoms with Gasteiger partial charge in [-0.15, -0.1) is 11.3 Å². The van der Waals surface area contributed by atoms with Crippen LogP contribution in [0.4, 0.5) is 5.69 Å². The number of anilines is 1. The van der Waals surface area contributed by atoms with E-state index in [2.05, 4.69) is 68.7 Å². The van der Waals surface area contributed by atoms with Gasteiger partial charge in [0.2, 0.25) is 0 Å². The first kappa shape index (κ1) is 19.1. The highest BCUT2D eigenvalue weighted by molar-refractivity contribution is 9.10. The number of allylic oxidation sites excluding steroid dienone is 1. The van der Waals surface area contributed by atoms with Crippen molar-refractivity contribution in [3.05, 3.63) is 99.9 Å². The lowest BCUT2D eigenvalue weighted by atomic mass is 10.0. The summed E-state index contributed by atoms with van der Waals surface area (Å²) in [6, 6.07) is 28.6. The van der Waals surface area contributed by atoms with Gasteiger partial charge in [-0.05, 0) is 29.3 Å². The molecule has 0 atom stereocenters. The molecule has 4 aromatic rings. The fourth-order valence-electron chi connectivity index (χ4n) is 2.87. The normalized spacial score (nSPS) is 11.1. The molecule has 0 aliphatic carbocycles. The lowest BCUT2D eigenvalue weighted by Gasteiger charge is -2.03. The van der Waals surface area contributed by atoms with Crippen molar-refractivity contribution < 1.29 is 0 Å². The third-order valence-electron chi connectivity index (χ3n) is 4.35. The Morgan fingerprint density at radius 3 is 2.38 bits per heavy atom. The van der Waals surface area contributed by atoms with E-state index < -0.39 is 0 Å². The largest absolute Gasteiger partial charge is 0.360 e. The molecule has 0 bridgehead atoms. The van der Waals surface area contributed by atoms with Crippen LogP contribution in [0.5, 0.6) is 0 Å². The predicted octanol–water partition coefficient (Wildman–Crippen LogP) is 7.22. The quantitative estimate of drug-likeness (QED) is 0.321. The maximum Gasteiger partial charge on any atom is 0.136 e. The van der Waals surface area contributed by atoms with Crippen LogP contribution in [0.1, 0.15) is 5.01 Å². The van der Waals surface area contributed by atoms with Crippen molar-refractivity contribution in [1.29, 1.82) is 5.26 Å². The summed E-state index contributed by atoms with van der Waals surface area (Å²) in [4.78, 5) is 4.66. The van der Waals surface area contributed by atoms with Crippen LogP contribution in [-0.4, -0.2) is 4.98 Å². The monoisotopic (exact) mass is 457 g/mol. The van der Waals surface area contributed by atoms with E-state index in [1.807, 2.05) is 47.8 Å². The second-order valence-electron chi connectivity index (χ2n) is 6.31. The Labute approximate surface area is 182 Å². The lowest BCUT2D eigenvalue weighted by molar-refractivity contribution is 1.36. The summed E-state index contributed by atoms with van der Waals surface area (Å²) in [5.74, 6) is 0. The summed E-state index contributed by atoms with van der Waals surface area (Å²) < 4.78 is 0.977. The van der Waals surface area contributed by atoms with Gasteiger partial charge in [-0.25, -0.2) is 4.98 Å². The SMILES string of the molecule is N#C/C(=C\Nc1cccc(Br)c1)c1nc(-c2ccc(-c3ccccc3)cc2)cs1. The second-order valence-corrected chi connectivity index (χ2v) is 8.08. The molecule has 0 aliphatic heterocycles. The zero-order valence-electron chi connectivity index (χ0n) is 15.3. The molecule has 3 aromatic carbocycles. The van der Waals surface area contributed by atoms with Gasteiger partial charge in [-0.2, -0.15) is 5.26 Å². The molecule has 0 spiro atoms. The first-order valence-corrected chi connectivity index (χ1v) is 10.6. The van der Waals surface area contributed by atoms with Gasteiger partial charge in [-0.3, -0.25) is 0 Å². The van der Waals surface area contributed by atoms with Gasteiger partial charge < -0.3 is 5.32 Å². The Hall–Kier alpha value is -3.20. The zero-order valence-corrected chi connectivity index (χ0v) is 17.7. The maximum atomic E-state index is 9.55. The van der Waals surface area contributed by atoms with Crippen molar-refractivity contribution in [1.82, 2.24) is 4.98 Å². The van der Waals surface area contributed by atoms with Crippen LogP contribution in [-0.2, 0) is 0 Å². The molecule has 29 heavy (non-hydrogen) atoms. The Morgan fingerprint density at radius 1 is 0.931 bits per heavy atom. The number of hydrogen-bond acceptors (Lipinski definition) is 4. The molecule has 1 aromatic heterocycles. The topological polar surface area (TPSA) is 48.7 Å². The minimum atomic E-state index is 0.502. The van der Waals surface area contributed by atoms with Gasteiger partial charge in [0.1, 0.15) is 16.6 Å². The molecular formula is C24H16BrN3S. The minimum Gasteiger partial charge on any atom is -0.360 e. The van der Waals surface area contributed by atoms with Gasteiger partial charge in [-0.1, -0.05) is 76.6 Å². The number of hydrogen-bond donors (Lipinski definition) is 1. The number of nitrogens with zero attached hydrogens (tertiary/aromatic N) is 2. The maximum absolute atomic E-state index is 9.55. The fraction of sp³-hybridized carbons (Fsp3) is 0. The highest BCUT2D eigenvalue weighted by atomic mass is 79.9. The van der Waals surface area contributed by atoms with Gasteiger partial charge in [0, 0.05) is 27.3 Å². The molecule has 0 amide bonds. The summed E-state index contributed by atoms with van der Waals surface area (Å²) in [6.07, 6.45) is 1.70. The van der Waals surface area contributed by atoms with E-state index in [4.69, 9.17) is 0 Å². The zero-order chi connectivity index (χ0) is 20.1. The van der Waals surface area contributed by atoms with Crippen molar-refractivity contribution in [2.75, 3.05) is 5.32 Å².